The molecule has 0 saturated heterocycles. The fourth-order valence-electron chi connectivity index (χ4n) is 2.29. The van der Waals surface area contributed by atoms with Gasteiger partial charge in [0.1, 0.15) is 17.2 Å². The van der Waals surface area contributed by atoms with Crippen molar-refractivity contribution in [2.24, 2.45) is 5.10 Å². The smallest absolute Gasteiger partial charge is 0.262 e. The lowest BCUT2D eigenvalue weighted by Crippen LogP contribution is -2.29. The van der Waals surface area contributed by atoms with Gasteiger partial charge in [-0.3, -0.25) is 14.2 Å². The van der Waals surface area contributed by atoms with Gasteiger partial charge in [-0.15, -0.1) is 11.3 Å². The number of hydrogen-bond acceptors (Lipinski definition) is 5. The Bertz CT molecular complexity index is 1040. The molecule has 0 atom stereocenters. The van der Waals surface area contributed by atoms with Gasteiger partial charge in [0.25, 0.3) is 11.5 Å². The summed E-state index contributed by atoms with van der Waals surface area (Å²) < 4.78 is 14.8. The molecular formula is C17H14ClFN4O2S. The van der Waals surface area contributed by atoms with Gasteiger partial charge in [-0.2, -0.15) is 5.10 Å². The van der Waals surface area contributed by atoms with Crippen molar-refractivity contribution < 1.29 is 9.18 Å². The van der Waals surface area contributed by atoms with Gasteiger partial charge in [0.05, 0.1) is 23.0 Å². The molecule has 9 heteroatoms. The zero-order chi connectivity index (χ0) is 18.7. The van der Waals surface area contributed by atoms with Crippen molar-refractivity contribution in [2.75, 3.05) is 0 Å². The first kappa shape index (κ1) is 18.2. The van der Waals surface area contributed by atoms with Gasteiger partial charge in [-0.1, -0.05) is 24.6 Å². The normalized spacial score (nSPS) is 11.3. The van der Waals surface area contributed by atoms with E-state index < -0.39 is 11.7 Å². The SMILES string of the molecule is CCc1cc2c(=O)n(CC(=O)NN=Cc3c(F)cccc3Cl)cnc2s1. The molecule has 0 aliphatic heterocycles. The molecule has 0 fully saturated rings. The Hall–Kier alpha value is -2.58. The second-order valence-electron chi connectivity index (χ2n) is 5.39. The van der Waals surface area contributed by atoms with Crippen molar-refractivity contribution in [1.82, 2.24) is 15.0 Å². The summed E-state index contributed by atoms with van der Waals surface area (Å²) >= 11 is 7.32. The highest BCUT2D eigenvalue weighted by Gasteiger charge is 2.11. The first-order chi connectivity index (χ1) is 12.5. The molecular weight excluding hydrogens is 379 g/mol. The Morgan fingerprint density at radius 2 is 2.31 bits per heavy atom. The van der Waals surface area contributed by atoms with Crippen LogP contribution in [-0.2, 0) is 17.8 Å². The van der Waals surface area contributed by atoms with Gasteiger partial charge in [-0.25, -0.2) is 14.8 Å². The summed E-state index contributed by atoms with van der Waals surface area (Å²) in [5, 5.41) is 4.35. The fraction of sp³-hybridized carbons (Fsp3) is 0.176. The third-order valence-corrected chi connectivity index (χ3v) is 5.13. The molecule has 134 valence electrons. The Labute approximate surface area is 156 Å². The zero-order valence-electron chi connectivity index (χ0n) is 13.7. The van der Waals surface area contributed by atoms with Gasteiger partial charge < -0.3 is 0 Å². The highest BCUT2D eigenvalue weighted by Crippen LogP contribution is 2.21. The third kappa shape index (κ3) is 3.81. The van der Waals surface area contributed by atoms with Crippen LogP contribution in [0.2, 0.25) is 5.02 Å². The highest BCUT2D eigenvalue weighted by atomic mass is 35.5. The average molecular weight is 393 g/mol. The molecule has 1 aromatic carbocycles. The molecule has 0 aliphatic carbocycles. The number of rotatable bonds is 5. The van der Waals surface area contributed by atoms with Gasteiger partial charge in [0.15, 0.2) is 0 Å². The zero-order valence-corrected chi connectivity index (χ0v) is 15.3. The number of fused-ring (bicyclic) bond motifs is 1. The van der Waals surface area contributed by atoms with Crippen LogP contribution in [0.5, 0.6) is 0 Å². The predicted octanol–water partition coefficient (Wildman–Crippen LogP) is 2.96. The highest BCUT2D eigenvalue weighted by molar-refractivity contribution is 7.18. The number of carbonyl (C=O) groups is 1. The summed E-state index contributed by atoms with van der Waals surface area (Å²) in [6, 6.07) is 6.01. The first-order valence-corrected chi connectivity index (χ1v) is 8.92. The molecule has 0 saturated carbocycles. The fourth-order valence-corrected chi connectivity index (χ4v) is 3.43. The number of benzene rings is 1. The Morgan fingerprint density at radius 3 is 3.04 bits per heavy atom. The summed E-state index contributed by atoms with van der Waals surface area (Å²) in [4.78, 5) is 30.3. The molecule has 1 N–H and O–H groups in total. The maximum Gasteiger partial charge on any atom is 0.262 e. The van der Waals surface area contributed by atoms with Crippen LogP contribution in [0.1, 0.15) is 17.4 Å². The number of halogens is 2. The van der Waals surface area contributed by atoms with E-state index >= 15 is 0 Å². The van der Waals surface area contributed by atoms with Crippen molar-refractivity contribution in [1.29, 1.82) is 0 Å². The molecule has 0 spiro atoms. The lowest BCUT2D eigenvalue weighted by Gasteiger charge is -2.04. The standard InChI is InChI=1S/C17H14ClFN4O2S/c1-2-10-6-11-16(26-10)20-9-23(17(11)25)8-15(24)22-21-7-12-13(18)4-3-5-14(12)19/h3-7,9H,2,8H2,1H3,(H,22,24). The van der Waals surface area contributed by atoms with Crippen molar-refractivity contribution in [3.8, 4) is 0 Å². The second-order valence-corrected chi connectivity index (χ2v) is 6.91. The number of carbonyl (C=O) groups excluding carboxylic acids is 1. The Balaban J connectivity index is 1.72. The topological polar surface area (TPSA) is 76.3 Å². The number of hydrazone groups is 1. The molecule has 1 amide bonds. The molecule has 2 aromatic heterocycles. The minimum atomic E-state index is -0.550. The van der Waals surface area contributed by atoms with Crippen LogP contribution in [0.15, 0.2) is 40.5 Å². The maximum absolute atomic E-state index is 13.6. The van der Waals surface area contributed by atoms with E-state index in [-0.39, 0.29) is 22.7 Å². The Morgan fingerprint density at radius 1 is 1.50 bits per heavy atom. The molecule has 2 heterocycles. The third-order valence-electron chi connectivity index (χ3n) is 3.61. The lowest BCUT2D eigenvalue weighted by molar-refractivity contribution is -0.121. The molecule has 26 heavy (non-hydrogen) atoms. The average Bonchev–Trinajstić information content (AvgIpc) is 3.04. The molecule has 3 rings (SSSR count). The number of aromatic nitrogens is 2. The van der Waals surface area contributed by atoms with Gasteiger partial charge in [-0.05, 0) is 24.6 Å². The Kier molecular flexibility index (Phi) is 5.43. The lowest BCUT2D eigenvalue weighted by atomic mass is 10.2. The number of aryl methyl sites for hydroxylation is 1. The van der Waals surface area contributed by atoms with Crippen molar-refractivity contribution in [3.63, 3.8) is 0 Å². The minimum Gasteiger partial charge on any atom is -0.289 e. The summed E-state index contributed by atoms with van der Waals surface area (Å²) in [6.45, 7) is 1.75. The molecule has 0 aliphatic rings. The van der Waals surface area contributed by atoms with E-state index in [9.17, 15) is 14.0 Å². The molecule has 6 nitrogen and oxygen atoms in total. The minimum absolute atomic E-state index is 0.0695. The summed E-state index contributed by atoms with van der Waals surface area (Å²) in [5.41, 5.74) is 2.03. The van der Waals surface area contributed by atoms with E-state index in [1.165, 1.54) is 40.4 Å². The van der Waals surface area contributed by atoms with Crippen molar-refractivity contribution in [3.05, 3.63) is 62.2 Å². The van der Waals surface area contributed by atoms with E-state index in [2.05, 4.69) is 15.5 Å². The predicted molar refractivity (Wildman–Crippen MR) is 100 cm³/mol. The summed E-state index contributed by atoms with van der Waals surface area (Å²) in [7, 11) is 0. The van der Waals surface area contributed by atoms with Crippen molar-refractivity contribution in [2.45, 2.75) is 19.9 Å². The van der Waals surface area contributed by atoms with Crippen LogP contribution >= 0.6 is 22.9 Å². The van der Waals surface area contributed by atoms with Gasteiger partial charge >= 0.3 is 0 Å². The summed E-state index contributed by atoms with van der Waals surface area (Å²) in [6.07, 6.45) is 3.26. The number of amides is 1. The van der Waals surface area contributed by atoms with E-state index in [1.54, 1.807) is 6.07 Å². The van der Waals surface area contributed by atoms with Crippen LogP contribution in [0.3, 0.4) is 0 Å². The van der Waals surface area contributed by atoms with Crippen LogP contribution in [-0.4, -0.2) is 21.7 Å². The number of nitrogens with zero attached hydrogens (tertiary/aromatic N) is 3. The van der Waals surface area contributed by atoms with Crippen molar-refractivity contribution >= 4 is 45.3 Å². The maximum atomic E-state index is 13.6. The molecule has 0 radical (unpaired) electrons. The second kappa shape index (κ2) is 7.76. The van der Waals surface area contributed by atoms with E-state index in [0.717, 1.165) is 17.5 Å². The van der Waals surface area contributed by atoms with Crippen LogP contribution in [0, 0.1) is 5.82 Å². The number of nitrogens with one attached hydrogen (secondary N) is 1. The van der Waals surface area contributed by atoms with E-state index in [0.29, 0.717) is 10.2 Å². The summed E-state index contributed by atoms with van der Waals surface area (Å²) in [5.74, 6) is -1.09. The number of hydrogen-bond donors (Lipinski definition) is 1. The monoisotopic (exact) mass is 392 g/mol. The largest absolute Gasteiger partial charge is 0.289 e. The van der Waals surface area contributed by atoms with Crippen LogP contribution in [0.25, 0.3) is 10.2 Å². The molecule has 0 unspecified atom stereocenters. The van der Waals surface area contributed by atoms with Crippen LogP contribution < -0.4 is 11.0 Å². The quantitative estimate of drug-likeness (QED) is 0.535. The number of thiophene rings is 1. The van der Waals surface area contributed by atoms with E-state index in [1.807, 2.05) is 6.92 Å². The van der Waals surface area contributed by atoms with E-state index in [4.69, 9.17) is 11.6 Å². The van der Waals surface area contributed by atoms with Gasteiger partial charge in [0.2, 0.25) is 0 Å². The molecule has 3 aromatic rings. The van der Waals surface area contributed by atoms with Crippen LogP contribution in [0.4, 0.5) is 4.39 Å². The molecule has 0 bridgehead atoms. The van der Waals surface area contributed by atoms with Gasteiger partial charge in [0, 0.05) is 10.4 Å². The first-order valence-electron chi connectivity index (χ1n) is 7.73.